The number of thiophene rings is 1. The van der Waals surface area contributed by atoms with Crippen molar-refractivity contribution in [2.24, 2.45) is 0 Å². The predicted octanol–water partition coefficient (Wildman–Crippen LogP) is 4.55. The quantitative estimate of drug-likeness (QED) is 0.861. The van der Waals surface area contributed by atoms with Crippen molar-refractivity contribution in [2.75, 3.05) is 0 Å². The van der Waals surface area contributed by atoms with Gasteiger partial charge in [0.1, 0.15) is 6.10 Å². The van der Waals surface area contributed by atoms with Crippen molar-refractivity contribution in [1.82, 2.24) is 0 Å². The molecule has 1 heterocycles. The molecule has 0 aliphatic carbocycles. The van der Waals surface area contributed by atoms with Gasteiger partial charge in [0.05, 0.1) is 0 Å². The van der Waals surface area contributed by atoms with E-state index in [1.807, 2.05) is 24.4 Å². The molecule has 0 aliphatic heterocycles. The van der Waals surface area contributed by atoms with Crippen LogP contribution in [-0.4, -0.2) is 5.11 Å². The van der Waals surface area contributed by atoms with Gasteiger partial charge in [0.15, 0.2) is 0 Å². The molecule has 0 saturated carbocycles. The first-order chi connectivity index (χ1) is 7.58. The minimum absolute atomic E-state index is 0.602. The van der Waals surface area contributed by atoms with Crippen molar-refractivity contribution < 1.29 is 5.11 Å². The lowest BCUT2D eigenvalue weighted by atomic mass is 10.1. The van der Waals surface area contributed by atoms with E-state index in [1.54, 1.807) is 23.5 Å². The summed E-state index contributed by atoms with van der Waals surface area (Å²) in [5.74, 6) is 0. The Bertz CT molecular complexity index is 489. The highest BCUT2D eigenvalue weighted by Gasteiger charge is 2.15. The average Bonchev–Trinajstić information content (AvgIpc) is 2.62. The summed E-state index contributed by atoms with van der Waals surface area (Å²) in [5.41, 5.74) is 1.92. The number of halogens is 2. The minimum atomic E-state index is -0.602. The maximum absolute atomic E-state index is 10.2. The molecule has 16 heavy (non-hydrogen) atoms. The Morgan fingerprint density at radius 1 is 1.38 bits per heavy atom. The normalized spacial score (nSPS) is 12.8. The number of hydrogen-bond donors (Lipinski definition) is 1. The standard InChI is InChI=1S/C12H10BrClOS/c1-7-2-3-16-12(7)11(15)8-4-9(13)6-10(14)5-8/h2-6,11,15H,1H3. The van der Waals surface area contributed by atoms with Crippen LogP contribution in [0, 0.1) is 6.92 Å². The first-order valence-electron chi connectivity index (χ1n) is 4.76. The Balaban J connectivity index is 2.41. The molecule has 0 spiro atoms. The molecule has 1 unspecified atom stereocenters. The molecule has 0 fully saturated rings. The SMILES string of the molecule is Cc1ccsc1C(O)c1cc(Cl)cc(Br)c1. The predicted molar refractivity (Wildman–Crippen MR) is 72.3 cm³/mol. The molecule has 2 aromatic rings. The highest BCUT2D eigenvalue weighted by atomic mass is 79.9. The van der Waals surface area contributed by atoms with E-state index in [9.17, 15) is 5.11 Å². The molecule has 1 aromatic heterocycles. The number of rotatable bonds is 2. The average molecular weight is 318 g/mol. The lowest BCUT2D eigenvalue weighted by Gasteiger charge is -2.11. The molecule has 1 aromatic carbocycles. The Morgan fingerprint density at radius 3 is 2.69 bits per heavy atom. The van der Waals surface area contributed by atoms with Crippen molar-refractivity contribution in [3.63, 3.8) is 0 Å². The van der Waals surface area contributed by atoms with E-state index < -0.39 is 6.10 Å². The number of aryl methyl sites for hydroxylation is 1. The first-order valence-corrected chi connectivity index (χ1v) is 6.81. The molecule has 4 heteroatoms. The molecule has 1 atom stereocenters. The van der Waals surface area contributed by atoms with Crippen LogP contribution in [0.15, 0.2) is 34.1 Å². The van der Waals surface area contributed by atoms with Crippen LogP contribution in [0.2, 0.25) is 5.02 Å². The van der Waals surface area contributed by atoms with E-state index in [0.717, 1.165) is 20.5 Å². The molecule has 1 nitrogen and oxygen atoms in total. The van der Waals surface area contributed by atoms with Gasteiger partial charge in [-0.1, -0.05) is 27.5 Å². The summed E-state index contributed by atoms with van der Waals surface area (Å²) in [6.45, 7) is 1.99. The van der Waals surface area contributed by atoms with Crippen LogP contribution in [0.5, 0.6) is 0 Å². The molecule has 0 bridgehead atoms. The van der Waals surface area contributed by atoms with Crippen molar-refractivity contribution in [2.45, 2.75) is 13.0 Å². The Hall–Kier alpha value is -0.350. The lowest BCUT2D eigenvalue weighted by molar-refractivity contribution is 0.223. The maximum Gasteiger partial charge on any atom is 0.114 e. The third kappa shape index (κ3) is 2.48. The van der Waals surface area contributed by atoms with E-state index >= 15 is 0 Å². The Labute approximate surface area is 112 Å². The van der Waals surface area contributed by atoms with Crippen LogP contribution in [0.3, 0.4) is 0 Å². The summed E-state index contributed by atoms with van der Waals surface area (Å²) in [6.07, 6.45) is -0.602. The van der Waals surface area contributed by atoms with Crippen LogP contribution in [0.25, 0.3) is 0 Å². The third-order valence-electron chi connectivity index (χ3n) is 2.35. The van der Waals surface area contributed by atoms with Crippen LogP contribution in [-0.2, 0) is 0 Å². The van der Waals surface area contributed by atoms with Gasteiger partial charge in [-0.25, -0.2) is 0 Å². The number of benzene rings is 1. The van der Waals surface area contributed by atoms with E-state index in [0.29, 0.717) is 5.02 Å². The van der Waals surface area contributed by atoms with E-state index in [4.69, 9.17) is 11.6 Å². The number of aliphatic hydroxyl groups excluding tert-OH is 1. The van der Waals surface area contributed by atoms with Crippen LogP contribution >= 0.6 is 38.9 Å². The topological polar surface area (TPSA) is 20.2 Å². The van der Waals surface area contributed by atoms with Crippen molar-refractivity contribution in [3.8, 4) is 0 Å². The minimum Gasteiger partial charge on any atom is -0.383 e. The van der Waals surface area contributed by atoms with Crippen LogP contribution in [0.1, 0.15) is 22.1 Å². The summed E-state index contributed by atoms with van der Waals surface area (Å²) < 4.78 is 0.878. The van der Waals surface area contributed by atoms with Gasteiger partial charge in [-0.3, -0.25) is 0 Å². The monoisotopic (exact) mass is 316 g/mol. The second kappa shape index (κ2) is 4.88. The largest absolute Gasteiger partial charge is 0.383 e. The van der Waals surface area contributed by atoms with Crippen molar-refractivity contribution >= 4 is 38.9 Å². The van der Waals surface area contributed by atoms with Crippen molar-refractivity contribution in [3.05, 3.63) is 55.1 Å². The molecule has 1 N–H and O–H groups in total. The van der Waals surface area contributed by atoms with Crippen LogP contribution < -0.4 is 0 Å². The van der Waals surface area contributed by atoms with E-state index in [2.05, 4.69) is 15.9 Å². The Morgan fingerprint density at radius 2 is 2.12 bits per heavy atom. The molecule has 84 valence electrons. The molecule has 0 radical (unpaired) electrons. The lowest BCUT2D eigenvalue weighted by Crippen LogP contribution is -1.98. The summed E-state index contributed by atoms with van der Waals surface area (Å²) >= 11 is 10.9. The van der Waals surface area contributed by atoms with E-state index in [-0.39, 0.29) is 0 Å². The molecular formula is C12H10BrClOS. The maximum atomic E-state index is 10.2. The second-order valence-electron chi connectivity index (χ2n) is 3.57. The molecule has 0 aliphatic rings. The van der Waals surface area contributed by atoms with Crippen LogP contribution in [0.4, 0.5) is 0 Å². The second-order valence-corrected chi connectivity index (χ2v) is 5.87. The van der Waals surface area contributed by atoms with Gasteiger partial charge in [0.2, 0.25) is 0 Å². The number of aliphatic hydroxyl groups is 1. The van der Waals surface area contributed by atoms with Gasteiger partial charge >= 0.3 is 0 Å². The first kappa shape index (κ1) is 12.1. The van der Waals surface area contributed by atoms with Crippen molar-refractivity contribution in [1.29, 1.82) is 0 Å². The fourth-order valence-corrected chi connectivity index (χ4v) is 3.37. The summed E-state index contributed by atoms with van der Waals surface area (Å²) in [4.78, 5) is 0.967. The van der Waals surface area contributed by atoms with Gasteiger partial charge in [0, 0.05) is 14.4 Å². The zero-order valence-corrected chi connectivity index (χ0v) is 11.7. The fourth-order valence-electron chi connectivity index (χ4n) is 1.55. The van der Waals surface area contributed by atoms with Gasteiger partial charge in [-0.15, -0.1) is 11.3 Å². The molecule has 0 saturated heterocycles. The Kier molecular flexibility index (Phi) is 3.70. The van der Waals surface area contributed by atoms with Gasteiger partial charge in [0.25, 0.3) is 0 Å². The number of hydrogen-bond acceptors (Lipinski definition) is 2. The van der Waals surface area contributed by atoms with Gasteiger partial charge in [-0.05, 0) is 47.7 Å². The summed E-state index contributed by atoms with van der Waals surface area (Å²) in [5, 5.41) is 12.8. The van der Waals surface area contributed by atoms with Gasteiger partial charge in [-0.2, -0.15) is 0 Å². The molecular weight excluding hydrogens is 308 g/mol. The molecule has 0 amide bonds. The zero-order chi connectivity index (χ0) is 11.7. The molecule has 2 rings (SSSR count). The summed E-state index contributed by atoms with van der Waals surface area (Å²) in [7, 11) is 0. The fraction of sp³-hybridized carbons (Fsp3) is 0.167. The highest BCUT2D eigenvalue weighted by molar-refractivity contribution is 9.10. The highest BCUT2D eigenvalue weighted by Crippen LogP contribution is 2.32. The third-order valence-corrected chi connectivity index (χ3v) is 4.10. The zero-order valence-electron chi connectivity index (χ0n) is 8.58. The summed E-state index contributed by atoms with van der Waals surface area (Å²) in [6, 6.07) is 7.48. The van der Waals surface area contributed by atoms with Gasteiger partial charge < -0.3 is 5.11 Å². The smallest absolute Gasteiger partial charge is 0.114 e. The van der Waals surface area contributed by atoms with E-state index in [1.165, 1.54) is 0 Å².